The summed E-state index contributed by atoms with van der Waals surface area (Å²) in [5, 5.41) is 7.95. The molecule has 0 aromatic rings. The molecule has 0 spiro atoms. The number of nitrogens with zero attached hydrogens (tertiary/aromatic N) is 1. The van der Waals surface area contributed by atoms with E-state index in [4.69, 9.17) is 0 Å². The SMILES string of the molecule is CC1CC(C)SC(=NC2CCC(=O)NC2)N1. The summed E-state index contributed by atoms with van der Waals surface area (Å²) in [6.07, 6.45) is 2.67. The fraction of sp³-hybridized carbons (Fsp3) is 0.818. The number of hydrogen-bond acceptors (Lipinski definition) is 3. The fourth-order valence-electron chi connectivity index (χ4n) is 2.10. The van der Waals surface area contributed by atoms with Crippen LogP contribution in [0.3, 0.4) is 0 Å². The molecule has 0 bridgehead atoms. The van der Waals surface area contributed by atoms with E-state index in [2.05, 4.69) is 29.5 Å². The first-order valence-electron chi connectivity index (χ1n) is 5.91. The highest BCUT2D eigenvalue weighted by Crippen LogP contribution is 2.23. The van der Waals surface area contributed by atoms with Crippen molar-refractivity contribution in [1.29, 1.82) is 0 Å². The van der Waals surface area contributed by atoms with Crippen LogP contribution >= 0.6 is 11.8 Å². The highest BCUT2D eigenvalue weighted by Gasteiger charge is 2.22. The van der Waals surface area contributed by atoms with Gasteiger partial charge in [0.25, 0.3) is 0 Å². The first-order chi connectivity index (χ1) is 7.63. The molecule has 2 fully saturated rings. The monoisotopic (exact) mass is 241 g/mol. The van der Waals surface area contributed by atoms with E-state index in [1.807, 2.05) is 11.8 Å². The Morgan fingerprint density at radius 1 is 1.44 bits per heavy atom. The summed E-state index contributed by atoms with van der Waals surface area (Å²) in [5.74, 6) is 0.155. The average molecular weight is 241 g/mol. The zero-order valence-corrected chi connectivity index (χ0v) is 10.6. The van der Waals surface area contributed by atoms with Crippen molar-refractivity contribution in [2.75, 3.05) is 6.54 Å². The predicted octanol–water partition coefficient (Wildman–Crippen LogP) is 1.12. The molecule has 2 aliphatic rings. The molecule has 2 aliphatic heterocycles. The summed E-state index contributed by atoms with van der Waals surface area (Å²) >= 11 is 1.81. The van der Waals surface area contributed by atoms with E-state index in [1.54, 1.807) is 0 Å². The third-order valence-corrected chi connectivity index (χ3v) is 3.95. The topological polar surface area (TPSA) is 53.5 Å². The van der Waals surface area contributed by atoms with Crippen LogP contribution < -0.4 is 10.6 Å². The quantitative estimate of drug-likeness (QED) is 0.723. The lowest BCUT2D eigenvalue weighted by Gasteiger charge is -2.28. The van der Waals surface area contributed by atoms with Crippen molar-refractivity contribution < 1.29 is 4.79 Å². The van der Waals surface area contributed by atoms with Gasteiger partial charge in [-0.2, -0.15) is 0 Å². The Morgan fingerprint density at radius 2 is 2.25 bits per heavy atom. The minimum Gasteiger partial charge on any atom is -0.362 e. The van der Waals surface area contributed by atoms with Crippen LogP contribution in [-0.2, 0) is 4.79 Å². The number of amides is 1. The van der Waals surface area contributed by atoms with Crippen molar-refractivity contribution in [2.45, 2.75) is 50.4 Å². The third-order valence-electron chi connectivity index (χ3n) is 2.91. The molecular weight excluding hydrogens is 222 g/mol. The normalized spacial score (nSPS) is 38.0. The molecule has 3 atom stereocenters. The molecule has 0 saturated carbocycles. The van der Waals surface area contributed by atoms with E-state index in [9.17, 15) is 4.79 Å². The summed E-state index contributed by atoms with van der Waals surface area (Å²) in [6.45, 7) is 5.11. The Bertz CT molecular complexity index is 284. The van der Waals surface area contributed by atoms with Gasteiger partial charge in [0.15, 0.2) is 5.17 Å². The van der Waals surface area contributed by atoms with Gasteiger partial charge < -0.3 is 10.6 Å². The number of piperidine rings is 1. The predicted molar refractivity (Wildman–Crippen MR) is 67.7 cm³/mol. The first-order valence-corrected chi connectivity index (χ1v) is 6.79. The number of thioether (sulfide) groups is 1. The molecule has 0 aromatic carbocycles. The van der Waals surface area contributed by atoms with Gasteiger partial charge in [-0.3, -0.25) is 9.79 Å². The van der Waals surface area contributed by atoms with Crippen LogP contribution in [0.25, 0.3) is 0 Å². The van der Waals surface area contributed by atoms with Crippen LogP contribution in [0.1, 0.15) is 33.1 Å². The van der Waals surface area contributed by atoms with E-state index in [1.165, 1.54) is 6.42 Å². The smallest absolute Gasteiger partial charge is 0.220 e. The van der Waals surface area contributed by atoms with E-state index in [0.717, 1.165) is 11.6 Å². The van der Waals surface area contributed by atoms with E-state index < -0.39 is 0 Å². The molecule has 16 heavy (non-hydrogen) atoms. The van der Waals surface area contributed by atoms with Gasteiger partial charge >= 0.3 is 0 Å². The zero-order chi connectivity index (χ0) is 11.5. The molecule has 5 heteroatoms. The second kappa shape index (κ2) is 5.08. The molecule has 0 radical (unpaired) electrons. The number of amidine groups is 1. The summed E-state index contributed by atoms with van der Waals surface area (Å²) in [6, 6.07) is 0.762. The maximum absolute atomic E-state index is 11.0. The Kier molecular flexibility index (Phi) is 3.74. The molecule has 90 valence electrons. The van der Waals surface area contributed by atoms with Gasteiger partial charge in [-0.05, 0) is 19.8 Å². The largest absolute Gasteiger partial charge is 0.362 e. The van der Waals surface area contributed by atoms with Crippen molar-refractivity contribution >= 4 is 22.8 Å². The molecule has 2 rings (SSSR count). The minimum atomic E-state index is 0.155. The fourth-order valence-corrected chi connectivity index (χ4v) is 3.35. The van der Waals surface area contributed by atoms with Crippen LogP contribution in [0.15, 0.2) is 4.99 Å². The Balaban J connectivity index is 1.92. The number of rotatable bonds is 1. The van der Waals surface area contributed by atoms with Crippen LogP contribution in [0.5, 0.6) is 0 Å². The highest BCUT2D eigenvalue weighted by molar-refractivity contribution is 8.14. The van der Waals surface area contributed by atoms with Gasteiger partial charge in [0.05, 0.1) is 6.04 Å². The van der Waals surface area contributed by atoms with E-state index in [-0.39, 0.29) is 11.9 Å². The molecule has 0 aromatic heterocycles. The number of carbonyl (C=O) groups is 1. The molecule has 0 aliphatic carbocycles. The molecule has 2 N–H and O–H groups in total. The van der Waals surface area contributed by atoms with Crippen molar-refractivity contribution in [1.82, 2.24) is 10.6 Å². The van der Waals surface area contributed by atoms with Gasteiger partial charge in [-0.15, -0.1) is 0 Å². The van der Waals surface area contributed by atoms with Crippen LogP contribution in [0.2, 0.25) is 0 Å². The lowest BCUT2D eigenvalue weighted by molar-refractivity contribution is -0.122. The van der Waals surface area contributed by atoms with Gasteiger partial charge in [-0.1, -0.05) is 18.7 Å². The summed E-state index contributed by atoms with van der Waals surface area (Å²) in [5.41, 5.74) is 0. The van der Waals surface area contributed by atoms with Gasteiger partial charge in [0.2, 0.25) is 5.91 Å². The molecule has 1 amide bonds. The second-order valence-corrected chi connectivity index (χ2v) is 6.07. The van der Waals surface area contributed by atoms with E-state index in [0.29, 0.717) is 24.3 Å². The van der Waals surface area contributed by atoms with E-state index >= 15 is 0 Å². The van der Waals surface area contributed by atoms with Crippen molar-refractivity contribution in [2.24, 2.45) is 4.99 Å². The summed E-state index contributed by atoms with van der Waals surface area (Å²) in [4.78, 5) is 15.7. The molecule has 4 nitrogen and oxygen atoms in total. The number of carbonyl (C=O) groups excluding carboxylic acids is 1. The molecule has 2 saturated heterocycles. The Morgan fingerprint density at radius 3 is 2.88 bits per heavy atom. The lowest BCUT2D eigenvalue weighted by atomic mass is 10.1. The molecular formula is C11H19N3OS. The average Bonchev–Trinajstić information content (AvgIpc) is 2.20. The second-order valence-electron chi connectivity index (χ2n) is 4.64. The highest BCUT2D eigenvalue weighted by atomic mass is 32.2. The van der Waals surface area contributed by atoms with Crippen LogP contribution in [0.4, 0.5) is 0 Å². The Labute approximate surface area is 101 Å². The minimum absolute atomic E-state index is 0.155. The summed E-state index contributed by atoms with van der Waals surface area (Å²) < 4.78 is 0. The van der Waals surface area contributed by atoms with Crippen LogP contribution in [0, 0.1) is 0 Å². The maximum Gasteiger partial charge on any atom is 0.220 e. The standard InChI is InChI=1S/C11H19N3OS/c1-7-5-8(2)16-11(13-7)14-9-3-4-10(15)12-6-9/h7-9H,3-6H2,1-2H3,(H,12,15)(H,13,14). The Hall–Kier alpha value is -0.710. The molecule has 2 heterocycles. The number of hydrogen-bond donors (Lipinski definition) is 2. The maximum atomic E-state index is 11.0. The van der Waals surface area contributed by atoms with Gasteiger partial charge in [0, 0.05) is 24.3 Å². The van der Waals surface area contributed by atoms with Gasteiger partial charge in [0.1, 0.15) is 0 Å². The van der Waals surface area contributed by atoms with Crippen LogP contribution in [-0.4, -0.2) is 35.0 Å². The first kappa shape index (κ1) is 11.8. The van der Waals surface area contributed by atoms with Crippen molar-refractivity contribution in [3.63, 3.8) is 0 Å². The number of aliphatic imine (C=N–C) groups is 1. The lowest BCUT2D eigenvalue weighted by Crippen LogP contribution is -2.42. The summed E-state index contributed by atoms with van der Waals surface area (Å²) in [7, 11) is 0. The van der Waals surface area contributed by atoms with Gasteiger partial charge in [-0.25, -0.2) is 0 Å². The zero-order valence-electron chi connectivity index (χ0n) is 9.82. The van der Waals surface area contributed by atoms with Crippen molar-refractivity contribution in [3.05, 3.63) is 0 Å². The number of nitrogens with one attached hydrogen (secondary N) is 2. The molecule has 3 unspecified atom stereocenters. The van der Waals surface area contributed by atoms with Crippen molar-refractivity contribution in [3.8, 4) is 0 Å². The third kappa shape index (κ3) is 3.14.